The molecular formula is C9H19NNaO5P. The smallest absolute Gasteiger partial charge is 0.550 e. The molecule has 0 N–H and O–H groups in total. The van der Waals surface area contributed by atoms with Gasteiger partial charge >= 0.3 is 37.2 Å². The molecule has 0 radical (unpaired) electrons. The summed E-state index contributed by atoms with van der Waals surface area (Å²) in [5.41, 5.74) is 0. The molecule has 0 bridgehead atoms. The van der Waals surface area contributed by atoms with Crippen LogP contribution in [0.1, 0.15) is 20.3 Å². The summed E-state index contributed by atoms with van der Waals surface area (Å²) >= 11 is 0. The van der Waals surface area contributed by atoms with Crippen LogP contribution in [0.2, 0.25) is 0 Å². The molecule has 0 amide bonds. The molecule has 17 heavy (non-hydrogen) atoms. The van der Waals surface area contributed by atoms with Gasteiger partial charge in [-0.2, -0.15) is 0 Å². The van der Waals surface area contributed by atoms with Crippen LogP contribution in [0.4, 0.5) is 0 Å². The first-order chi connectivity index (χ1) is 7.43. The van der Waals surface area contributed by atoms with Gasteiger partial charge in [0, 0.05) is 12.5 Å². The molecular weight excluding hydrogens is 256 g/mol. The van der Waals surface area contributed by atoms with Crippen molar-refractivity contribution in [2.24, 2.45) is 0 Å². The Morgan fingerprint density at radius 2 is 1.76 bits per heavy atom. The first kappa shape index (κ1) is 19.9. The molecule has 0 aromatic heterocycles. The van der Waals surface area contributed by atoms with E-state index < -0.39 is 13.6 Å². The summed E-state index contributed by atoms with van der Waals surface area (Å²) in [6, 6.07) is 0. The predicted octanol–water partition coefficient (Wildman–Crippen LogP) is -2.71. The Bertz CT molecular complexity index is 254. The van der Waals surface area contributed by atoms with Gasteiger partial charge in [-0.15, -0.1) is 0 Å². The van der Waals surface area contributed by atoms with Crippen molar-refractivity contribution < 1.29 is 53.1 Å². The number of aliphatic carboxylic acids is 1. The maximum Gasteiger partial charge on any atom is 1.00 e. The summed E-state index contributed by atoms with van der Waals surface area (Å²) in [6.07, 6.45) is -0.0172. The standard InChI is InChI=1S/C9H20NO5P.Na/c1-4-14-16(13,15-5-2)8-10(3)7-6-9(11)12;/h4-8H2,1-3H3,(H,11,12);/q;+1/p-1. The molecule has 0 saturated carbocycles. The normalized spacial score (nSPS) is 11.3. The molecule has 0 saturated heterocycles. The zero-order valence-corrected chi connectivity index (χ0v) is 13.9. The number of nitrogens with zero attached hydrogens (tertiary/aromatic N) is 1. The van der Waals surface area contributed by atoms with E-state index in [0.29, 0.717) is 13.2 Å². The quantitative estimate of drug-likeness (QED) is 0.336. The number of carbonyl (C=O) groups is 1. The van der Waals surface area contributed by atoms with Crippen LogP contribution in [0.15, 0.2) is 0 Å². The molecule has 96 valence electrons. The van der Waals surface area contributed by atoms with Gasteiger partial charge in [0.15, 0.2) is 0 Å². The van der Waals surface area contributed by atoms with Crippen molar-refractivity contribution in [3.63, 3.8) is 0 Å². The van der Waals surface area contributed by atoms with Gasteiger partial charge in [0.05, 0.1) is 13.2 Å². The first-order valence-electron chi connectivity index (χ1n) is 5.20. The van der Waals surface area contributed by atoms with Crippen LogP contribution in [-0.2, 0) is 18.4 Å². The molecule has 0 rings (SSSR count). The van der Waals surface area contributed by atoms with Crippen molar-refractivity contribution in [2.45, 2.75) is 20.3 Å². The molecule has 0 aromatic carbocycles. The summed E-state index contributed by atoms with van der Waals surface area (Å²) in [6.45, 7) is 4.31. The van der Waals surface area contributed by atoms with Crippen LogP contribution >= 0.6 is 7.60 Å². The average Bonchev–Trinajstić information content (AvgIpc) is 2.15. The molecule has 0 heterocycles. The Hall–Kier alpha value is 0.580. The molecule has 8 heteroatoms. The van der Waals surface area contributed by atoms with E-state index in [2.05, 4.69) is 0 Å². The van der Waals surface area contributed by atoms with Crippen LogP contribution in [0.5, 0.6) is 0 Å². The third-order valence-corrected chi connectivity index (χ3v) is 3.90. The molecule has 0 unspecified atom stereocenters. The topological polar surface area (TPSA) is 78.9 Å². The van der Waals surface area contributed by atoms with Crippen molar-refractivity contribution in [2.75, 3.05) is 33.1 Å². The number of hydrogen-bond donors (Lipinski definition) is 0. The van der Waals surface area contributed by atoms with E-state index in [9.17, 15) is 14.5 Å². The fraction of sp³-hybridized carbons (Fsp3) is 0.889. The van der Waals surface area contributed by atoms with E-state index in [4.69, 9.17) is 9.05 Å². The molecule has 0 aliphatic heterocycles. The van der Waals surface area contributed by atoms with Gasteiger partial charge in [-0.25, -0.2) is 0 Å². The monoisotopic (exact) mass is 275 g/mol. The number of carboxylic acid groups (broad SMARTS) is 1. The van der Waals surface area contributed by atoms with Crippen molar-refractivity contribution in [3.05, 3.63) is 0 Å². The summed E-state index contributed by atoms with van der Waals surface area (Å²) in [7, 11) is -1.46. The van der Waals surface area contributed by atoms with Crippen LogP contribution in [0.3, 0.4) is 0 Å². The third kappa shape index (κ3) is 10.2. The van der Waals surface area contributed by atoms with E-state index in [1.54, 1.807) is 25.8 Å². The van der Waals surface area contributed by atoms with Crippen molar-refractivity contribution in [3.8, 4) is 0 Å². The molecule has 0 spiro atoms. The molecule has 6 nitrogen and oxygen atoms in total. The van der Waals surface area contributed by atoms with Crippen LogP contribution in [0.25, 0.3) is 0 Å². The summed E-state index contributed by atoms with van der Waals surface area (Å²) in [4.78, 5) is 11.9. The number of rotatable bonds is 9. The van der Waals surface area contributed by atoms with Crippen LogP contribution in [-0.4, -0.2) is 44.0 Å². The second-order valence-corrected chi connectivity index (χ2v) is 5.31. The molecule has 0 fully saturated rings. The van der Waals surface area contributed by atoms with Gasteiger partial charge < -0.3 is 18.9 Å². The summed E-state index contributed by atoms with van der Waals surface area (Å²) < 4.78 is 22.2. The Balaban J connectivity index is 0. The SMILES string of the molecule is CCOP(=O)(CN(C)CCC(=O)[O-])OCC.[Na+]. The maximum absolute atomic E-state index is 12.0. The van der Waals surface area contributed by atoms with E-state index in [1.165, 1.54) is 0 Å². The number of hydrogen-bond acceptors (Lipinski definition) is 6. The summed E-state index contributed by atoms with van der Waals surface area (Å²) in [5, 5.41) is 10.3. The van der Waals surface area contributed by atoms with Gasteiger partial charge in [-0.3, -0.25) is 9.46 Å². The Kier molecular flexibility index (Phi) is 12.3. The molecule has 0 aromatic rings. The minimum Gasteiger partial charge on any atom is -0.550 e. The van der Waals surface area contributed by atoms with E-state index >= 15 is 0 Å². The zero-order chi connectivity index (χ0) is 12.6. The molecule has 0 atom stereocenters. The van der Waals surface area contributed by atoms with Crippen molar-refractivity contribution in [1.82, 2.24) is 4.90 Å². The summed E-state index contributed by atoms with van der Waals surface area (Å²) in [5.74, 6) is -1.13. The van der Waals surface area contributed by atoms with Gasteiger partial charge in [-0.05, 0) is 27.3 Å². The fourth-order valence-electron chi connectivity index (χ4n) is 1.16. The minimum absolute atomic E-state index is 0. The third-order valence-electron chi connectivity index (χ3n) is 1.76. The van der Waals surface area contributed by atoms with E-state index in [1.807, 2.05) is 0 Å². The zero-order valence-electron chi connectivity index (χ0n) is 11.0. The van der Waals surface area contributed by atoms with E-state index in [-0.39, 0.29) is 48.8 Å². The predicted molar refractivity (Wildman–Crippen MR) is 58.0 cm³/mol. The molecule has 0 aliphatic rings. The van der Waals surface area contributed by atoms with Crippen molar-refractivity contribution in [1.29, 1.82) is 0 Å². The van der Waals surface area contributed by atoms with Gasteiger partial charge in [0.25, 0.3) is 0 Å². The van der Waals surface area contributed by atoms with Gasteiger partial charge in [0.1, 0.15) is 6.29 Å². The maximum atomic E-state index is 12.0. The Morgan fingerprint density at radius 1 is 1.29 bits per heavy atom. The fourth-order valence-corrected chi connectivity index (χ4v) is 2.92. The minimum atomic E-state index is -3.12. The van der Waals surface area contributed by atoms with Gasteiger partial charge in [0.2, 0.25) is 0 Å². The largest absolute Gasteiger partial charge is 1.00 e. The average molecular weight is 275 g/mol. The molecule has 0 aliphatic carbocycles. The van der Waals surface area contributed by atoms with Crippen LogP contribution < -0.4 is 34.7 Å². The van der Waals surface area contributed by atoms with Crippen LogP contribution in [0, 0.1) is 0 Å². The number of carboxylic acids is 1. The Labute approximate surface area is 124 Å². The van der Waals surface area contributed by atoms with Gasteiger partial charge in [-0.1, -0.05) is 0 Å². The first-order valence-corrected chi connectivity index (χ1v) is 6.92. The second kappa shape index (κ2) is 10.5. The van der Waals surface area contributed by atoms with Crippen molar-refractivity contribution >= 4 is 13.6 Å². The number of carbonyl (C=O) groups excluding carboxylic acids is 1. The van der Waals surface area contributed by atoms with E-state index in [0.717, 1.165) is 0 Å². The Morgan fingerprint density at radius 3 is 2.12 bits per heavy atom. The second-order valence-electron chi connectivity index (χ2n) is 3.29.